The number of nitro benzene ring substituents is 1. The van der Waals surface area contributed by atoms with Gasteiger partial charge in [-0.05, 0) is 19.9 Å². The van der Waals surface area contributed by atoms with Crippen molar-refractivity contribution in [2.75, 3.05) is 6.61 Å². The van der Waals surface area contributed by atoms with Crippen molar-refractivity contribution in [2.24, 2.45) is 0 Å². The molecule has 0 aliphatic heterocycles. The van der Waals surface area contributed by atoms with E-state index in [0.29, 0.717) is 0 Å². The number of hydrogen-bond donors (Lipinski definition) is 2. The van der Waals surface area contributed by atoms with E-state index >= 15 is 0 Å². The molecule has 0 radical (unpaired) electrons. The number of carbonyl (C=O) groups is 3. The van der Waals surface area contributed by atoms with E-state index in [2.05, 4.69) is 10.1 Å². The molecule has 0 bridgehead atoms. The van der Waals surface area contributed by atoms with Gasteiger partial charge >= 0.3 is 11.9 Å². The summed E-state index contributed by atoms with van der Waals surface area (Å²) in [5, 5.41) is 22.2. The van der Waals surface area contributed by atoms with Gasteiger partial charge in [-0.25, -0.2) is 4.39 Å². The lowest BCUT2D eigenvalue weighted by molar-refractivity contribution is -0.385. The van der Waals surface area contributed by atoms with Gasteiger partial charge in [-0.2, -0.15) is 0 Å². The Morgan fingerprint density at radius 2 is 2.04 bits per heavy atom. The Morgan fingerprint density at radius 3 is 2.56 bits per heavy atom. The highest BCUT2D eigenvalue weighted by molar-refractivity contribution is 5.94. The highest BCUT2D eigenvalue weighted by Crippen LogP contribution is 2.30. The van der Waals surface area contributed by atoms with Crippen molar-refractivity contribution in [1.82, 2.24) is 5.32 Å². The summed E-state index contributed by atoms with van der Waals surface area (Å²) >= 11 is 0. The fraction of sp³-hybridized carbons (Fsp3) is 0.400. The standard InChI is InChI=1S/C15H17FN2O7/c1-3-25-14(22)7-12(19)17-15(2,8-13(20)21)10-6-9(18(23)24)4-5-11(10)16/h4-6H,3,7-8H2,1-2H3,(H,17,19)(H,20,21). The number of nitrogens with zero attached hydrogens (tertiary/aromatic N) is 1. The number of carboxylic acid groups (broad SMARTS) is 1. The van der Waals surface area contributed by atoms with Crippen molar-refractivity contribution in [2.45, 2.75) is 32.2 Å². The van der Waals surface area contributed by atoms with Crippen LogP contribution in [-0.2, 0) is 24.7 Å². The smallest absolute Gasteiger partial charge is 0.315 e. The van der Waals surface area contributed by atoms with Gasteiger partial charge in [0.1, 0.15) is 12.2 Å². The third-order valence-corrected chi connectivity index (χ3v) is 3.29. The van der Waals surface area contributed by atoms with Crippen LogP contribution in [0.15, 0.2) is 18.2 Å². The van der Waals surface area contributed by atoms with Crippen LogP contribution in [0.25, 0.3) is 0 Å². The molecule has 136 valence electrons. The molecule has 25 heavy (non-hydrogen) atoms. The average Bonchev–Trinajstić information content (AvgIpc) is 2.45. The number of carbonyl (C=O) groups excluding carboxylic acids is 2. The Morgan fingerprint density at radius 1 is 1.40 bits per heavy atom. The van der Waals surface area contributed by atoms with E-state index in [1.54, 1.807) is 6.92 Å². The normalized spacial score (nSPS) is 12.8. The van der Waals surface area contributed by atoms with Crippen LogP contribution in [0.2, 0.25) is 0 Å². The van der Waals surface area contributed by atoms with Crippen LogP contribution in [-0.4, -0.2) is 34.5 Å². The maximum Gasteiger partial charge on any atom is 0.315 e. The highest BCUT2D eigenvalue weighted by Gasteiger charge is 2.35. The number of esters is 1. The number of nitro groups is 1. The zero-order valence-electron chi connectivity index (χ0n) is 13.6. The first-order valence-electron chi connectivity index (χ1n) is 7.22. The van der Waals surface area contributed by atoms with E-state index in [1.165, 1.54) is 6.92 Å². The Hall–Kier alpha value is -3.04. The Labute approximate surface area is 141 Å². The quantitative estimate of drug-likeness (QED) is 0.312. The van der Waals surface area contributed by atoms with E-state index in [-0.39, 0.29) is 12.2 Å². The molecule has 0 spiro atoms. The number of non-ortho nitro benzene ring substituents is 1. The molecule has 0 aliphatic rings. The summed E-state index contributed by atoms with van der Waals surface area (Å²) in [4.78, 5) is 44.5. The van der Waals surface area contributed by atoms with Crippen molar-refractivity contribution in [3.8, 4) is 0 Å². The lowest BCUT2D eigenvalue weighted by Gasteiger charge is -2.30. The van der Waals surface area contributed by atoms with Gasteiger partial charge in [-0.3, -0.25) is 24.5 Å². The number of halogens is 1. The van der Waals surface area contributed by atoms with Crippen molar-refractivity contribution >= 4 is 23.5 Å². The molecule has 10 heteroatoms. The SMILES string of the molecule is CCOC(=O)CC(=O)NC(C)(CC(=O)O)c1cc([N+](=O)[O-])ccc1F. The molecular weight excluding hydrogens is 339 g/mol. The monoisotopic (exact) mass is 356 g/mol. The zero-order valence-corrected chi connectivity index (χ0v) is 13.6. The maximum absolute atomic E-state index is 14.2. The third-order valence-electron chi connectivity index (χ3n) is 3.29. The van der Waals surface area contributed by atoms with Crippen LogP contribution in [0.3, 0.4) is 0 Å². The lowest BCUT2D eigenvalue weighted by Crippen LogP contribution is -2.46. The molecule has 0 aromatic heterocycles. The first kappa shape index (κ1) is 20.0. The van der Waals surface area contributed by atoms with Crippen molar-refractivity contribution in [3.05, 3.63) is 39.7 Å². The first-order valence-corrected chi connectivity index (χ1v) is 7.22. The number of amides is 1. The van der Waals surface area contributed by atoms with Crippen LogP contribution in [0, 0.1) is 15.9 Å². The van der Waals surface area contributed by atoms with Gasteiger partial charge in [-0.1, -0.05) is 0 Å². The molecule has 0 fully saturated rings. The molecule has 1 amide bonds. The average molecular weight is 356 g/mol. The molecule has 0 heterocycles. The van der Waals surface area contributed by atoms with E-state index in [0.717, 1.165) is 18.2 Å². The van der Waals surface area contributed by atoms with Crippen LogP contribution in [0.1, 0.15) is 32.3 Å². The fourth-order valence-electron chi connectivity index (χ4n) is 2.25. The number of rotatable bonds is 8. The largest absolute Gasteiger partial charge is 0.481 e. The fourth-order valence-corrected chi connectivity index (χ4v) is 2.25. The zero-order chi connectivity index (χ0) is 19.2. The van der Waals surface area contributed by atoms with E-state index in [9.17, 15) is 28.9 Å². The van der Waals surface area contributed by atoms with Gasteiger partial charge in [-0.15, -0.1) is 0 Å². The predicted octanol–water partition coefficient (Wildman–Crippen LogP) is 1.49. The van der Waals surface area contributed by atoms with Gasteiger partial charge in [0.2, 0.25) is 5.91 Å². The van der Waals surface area contributed by atoms with Crippen molar-refractivity contribution in [1.29, 1.82) is 0 Å². The van der Waals surface area contributed by atoms with Crippen LogP contribution < -0.4 is 5.32 Å². The van der Waals surface area contributed by atoms with Crippen LogP contribution >= 0.6 is 0 Å². The topological polar surface area (TPSA) is 136 Å². The number of carboxylic acids is 1. The molecule has 0 saturated heterocycles. The predicted molar refractivity (Wildman–Crippen MR) is 82.1 cm³/mol. The maximum atomic E-state index is 14.2. The Balaban J connectivity index is 3.20. The second kappa shape index (κ2) is 8.18. The molecule has 9 nitrogen and oxygen atoms in total. The second-order valence-corrected chi connectivity index (χ2v) is 5.35. The Kier molecular flexibility index (Phi) is 6.54. The van der Waals surface area contributed by atoms with Gasteiger partial charge < -0.3 is 15.2 Å². The summed E-state index contributed by atoms with van der Waals surface area (Å²) in [6, 6.07) is 2.58. The van der Waals surface area contributed by atoms with E-state index < -0.39 is 52.7 Å². The van der Waals surface area contributed by atoms with Crippen LogP contribution in [0.4, 0.5) is 10.1 Å². The molecule has 2 N–H and O–H groups in total. The summed E-state index contributed by atoms with van der Waals surface area (Å²) < 4.78 is 18.8. The van der Waals surface area contributed by atoms with Gasteiger partial charge in [0.15, 0.2) is 0 Å². The summed E-state index contributed by atoms with van der Waals surface area (Å²) in [7, 11) is 0. The third kappa shape index (κ3) is 5.52. The highest BCUT2D eigenvalue weighted by atomic mass is 19.1. The summed E-state index contributed by atoms with van der Waals surface area (Å²) in [5.74, 6) is -4.03. The van der Waals surface area contributed by atoms with Crippen molar-refractivity contribution < 1.29 is 33.5 Å². The summed E-state index contributed by atoms with van der Waals surface area (Å²) in [6.07, 6.45) is -1.45. The molecule has 0 aliphatic carbocycles. The number of nitrogens with one attached hydrogen (secondary N) is 1. The van der Waals surface area contributed by atoms with Crippen molar-refractivity contribution in [3.63, 3.8) is 0 Å². The van der Waals surface area contributed by atoms with Crippen LogP contribution in [0.5, 0.6) is 0 Å². The molecule has 1 atom stereocenters. The Bertz CT molecular complexity index is 707. The van der Waals surface area contributed by atoms with Gasteiger partial charge in [0.05, 0.1) is 23.5 Å². The number of aliphatic carboxylic acids is 1. The minimum Gasteiger partial charge on any atom is -0.481 e. The number of ether oxygens (including phenoxy) is 1. The minimum absolute atomic E-state index is 0.0536. The molecule has 0 saturated carbocycles. The minimum atomic E-state index is -1.80. The molecule has 1 unspecified atom stereocenters. The van der Waals surface area contributed by atoms with E-state index in [4.69, 9.17) is 5.11 Å². The molecule has 1 rings (SSSR count). The number of benzene rings is 1. The molecule has 1 aromatic carbocycles. The lowest BCUT2D eigenvalue weighted by atomic mass is 9.87. The summed E-state index contributed by atoms with van der Waals surface area (Å²) in [5.41, 5.74) is -2.64. The molecule has 1 aromatic rings. The summed E-state index contributed by atoms with van der Waals surface area (Å²) in [6.45, 7) is 2.80. The first-order chi connectivity index (χ1) is 11.6. The van der Waals surface area contributed by atoms with Gasteiger partial charge in [0.25, 0.3) is 5.69 Å². The van der Waals surface area contributed by atoms with Gasteiger partial charge in [0, 0.05) is 17.7 Å². The molecular formula is C15H17FN2O7. The number of hydrogen-bond acceptors (Lipinski definition) is 6. The second-order valence-electron chi connectivity index (χ2n) is 5.35. The van der Waals surface area contributed by atoms with E-state index in [1.807, 2.05) is 0 Å².